The molecule has 0 amide bonds. The Balaban J connectivity index is 2.13. The molecule has 0 radical (unpaired) electrons. The minimum Gasteiger partial charge on any atom is -0.496 e. The van der Waals surface area contributed by atoms with Gasteiger partial charge in [-0.05, 0) is 58.3 Å². The van der Waals surface area contributed by atoms with Gasteiger partial charge >= 0.3 is 0 Å². The van der Waals surface area contributed by atoms with E-state index in [1.165, 1.54) is 31.2 Å². The molecule has 1 aliphatic carbocycles. The zero-order valence-corrected chi connectivity index (χ0v) is 12.6. The van der Waals surface area contributed by atoms with Crippen molar-refractivity contribution < 1.29 is 4.74 Å². The Hall–Kier alpha value is -0.0200. The lowest BCUT2D eigenvalue weighted by molar-refractivity contribution is 0.170. The molecule has 1 aliphatic rings. The number of halogens is 2. The normalized spacial score (nSPS) is 17.9. The van der Waals surface area contributed by atoms with E-state index in [9.17, 15) is 0 Å². The van der Waals surface area contributed by atoms with Crippen molar-refractivity contribution >= 4 is 31.9 Å². The topological polar surface area (TPSA) is 9.23 Å². The molecule has 1 saturated carbocycles. The number of hydrogen-bond donors (Lipinski definition) is 0. The van der Waals surface area contributed by atoms with Crippen molar-refractivity contribution in [3.63, 3.8) is 0 Å². The zero-order valence-electron chi connectivity index (χ0n) is 9.43. The van der Waals surface area contributed by atoms with Crippen molar-refractivity contribution in [3.8, 4) is 5.75 Å². The van der Waals surface area contributed by atoms with Crippen LogP contribution in [-0.4, -0.2) is 12.4 Å². The molecule has 1 nitrogen and oxygen atoms in total. The number of benzene rings is 1. The van der Waals surface area contributed by atoms with Gasteiger partial charge in [0.15, 0.2) is 0 Å². The van der Waals surface area contributed by atoms with Gasteiger partial charge in [-0.2, -0.15) is 0 Å². The fourth-order valence-electron chi connectivity index (χ4n) is 2.29. The van der Waals surface area contributed by atoms with E-state index in [2.05, 4.69) is 44.0 Å². The monoisotopic (exact) mass is 346 g/mol. The second-order valence-corrected chi connectivity index (χ2v) is 6.05. The van der Waals surface area contributed by atoms with Crippen LogP contribution in [0.25, 0.3) is 0 Å². The molecule has 0 saturated heterocycles. The molecule has 1 aromatic rings. The van der Waals surface area contributed by atoms with Crippen LogP contribution in [0.2, 0.25) is 0 Å². The van der Waals surface area contributed by atoms with Crippen LogP contribution in [0.1, 0.15) is 24.8 Å². The molecule has 0 spiro atoms. The molecule has 1 fully saturated rings. The third-order valence-electron chi connectivity index (χ3n) is 3.49. The fourth-order valence-corrected chi connectivity index (χ4v) is 3.63. The van der Waals surface area contributed by atoms with Crippen LogP contribution in [-0.2, 0) is 6.42 Å². The van der Waals surface area contributed by atoms with Gasteiger partial charge in [0, 0.05) is 5.33 Å². The Morgan fingerprint density at radius 3 is 2.56 bits per heavy atom. The highest BCUT2D eigenvalue weighted by Gasteiger charge is 2.35. The van der Waals surface area contributed by atoms with Crippen molar-refractivity contribution in [2.75, 3.05) is 12.4 Å². The van der Waals surface area contributed by atoms with Crippen LogP contribution in [0.3, 0.4) is 0 Å². The van der Waals surface area contributed by atoms with Crippen LogP contribution < -0.4 is 4.74 Å². The Morgan fingerprint density at radius 2 is 2.12 bits per heavy atom. The molecule has 0 N–H and O–H groups in total. The molecule has 2 rings (SSSR count). The lowest BCUT2D eigenvalue weighted by atomic mass is 9.67. The SMILES string of the molecule is COc1ccc(CC2(CBr)CCC2)cc1Br. The molecule has 0 unspecified atom stereocenters. The summed E-state index contributed by atoms with van der Waals surface area (Å²) in [5.74, 6) is 0.908. The second-order valence-electron chi connectivity index (χ2n) is 4.63. The number of methoxy groups -OCH3 is 1. The average molecular weight is 348 g/mol. The van der Waals surface area contributed by atoms with Crippen LogP contribution in [0.15, 0.2) is 22.7 Å². The molecule has 0 aromatic heterocycles. The van der Waals surface area contributed by atoms with Crippen LogP contribution >= 0.6 is 31.9 Å². The van der Waals surface area contributed by atoms with Gasteiger partial charge in [0.1, 0.15) is 5.75 Å². The van der Waals surface area contributed by atoms with Crippen molar-refractivity contribution in [2.45, 2.75) is 25.7 Å². The summed E-state index contributed by atoms with van der Waals surface area (Å²) in [6.45, 7) is 0. The summed E-state index contributed by atoms with van der Waals surface area (Å²) in [6, 6.07) is 6.40. The third kappa shape index (κ3) is 2.45. The largest absolute Gasteiger partial charge is 0.496 e. The molecule has 0 bridgehead atoms. The summed E-state index contributed by atoms with van der Waals surface area (Å²) in [4.78, 5) is 0. The third-order valence-corrected chi connectivity index (χ3v) is 5.30. The highest BCUT2D eigenvalue weighted by Crippen LogP contribution is 2.45. The fraction of sp³-hybridized carbons (Fsp3) is 0.538. The Morgan fingerprint density at radius 1 is 1.38 bits per heavy atom. The van der Waals surface area contributed by atoms with Gasteiger partial charge in [-0.1, -0.05) is 28.4 Å². The molecule has 88 valence electrons. The minimum absolute atomic E-state index is 0.508. The number of ether oxygens (including phenoxy) is 1. The van der Waals surface area contributed by atoms with Gasteiger partial charge in [0.2, 0.25) is 0 Å². The van der Waals surface area contributed by atoms with Crippen molar-refractivity contribution in [3.05, 3.63) is 28.2 Å². The maximum absolute atomic E-state index is 5.24. The first-order chi connectivity index (χ1) is 7.69. The van der Waals surface area contributed by atoms with E-state index in [1.807, 2.05) is 6.07 Å². The predicted octanol–water partition coefficient (Wildman–Crippen LogP) is 4.57. The summed E-state index contributed by atoms with van der Waals surface area (Å²) >= 11 is 7.19. The molecular weight excluding hydrogens is 332 g/mol. The van der Waals surface area contributed by atoms with Gasteiger partial charge in [-0.15, -0.1) is 0 Å². The Labute approximate surface area is 114 Å². The van der Waals surface area contributed by atoms with Gasteiger partial charge < -0.3 is 4.74 Å². The molecule has 0 aliphatic heterocycles. The highest BCUT2D eigenvalue weighted by atomic mass is 79.9. The van der Waals surface area contributed by atoms with E-state index in [0.29, 0.717) is 5.41 Å². The summed E-state index contributed by atoms with van der Waals surface area (Å²) in [5, 5.41) is 1.11. The molecule has 16 heavy (non-hydrogen) atoms. The van der Waals surface area contributed by atoms with Gasteiger partial charge in [-0.3, -0.25) is 0 Å². The lowest BCUT2D eigenvalue weighted by Crippen LogP contribution is -2.33. The van der Waals surface area contributed by atoms with Gasteiger partial charge in [0.25, 0.3) is 0 Å². The van der Waals surface area contributed by atoms with E-state index in [1.54, 1.807) is 7.11 Å². The molecule has 0 heterocycles. The average Bonchev–Trinajstić information content (AvgIpc) is 2.24. The summed E-state index contributed by atoms with van der Waals surface area (Å²) in [6.07, 6.45) is 5.24. The number of alkyl halides is 1. The quantitative estimate of drug-likeness (QED) is 0.725. The molecular formula is C13H16Br2O. The summed E-state index contributed by atoms with van der Waals surface area (Å²) in [7, 11) is 1.70. The van der Waals surface area contributed by atoms with E-state index in [-0.39, 0.29) is 0 Å². The molecule has 3 heteroatoms. The van der Waals surface area contributed by atoms with Gasteiger partial charge in [0.05, 0.1) is 11.6 Å². The maximum atomic E-state index is 5.24. The van der Waals surface area contributed by atoms with Crippen LogP contribution in [0.5, 0.6) is 5.75 Å². The lowest BCUT2D eigenvalue weighted by Gasteiger charge is -2.40. The molecule has 1 aromatic carbocycles. The van der Waals surface area contributed by atoms with Crippen molar-refractivity contribution in [1.29, 1.82) is 0 Å². The van der Waals surface area contributed by atoms with Crippen molar-refractivity contribution in [2.24, 2.45) is 5.41 Å². The summed E-state index contributed by atoms with van der Waals surface area (Å²) in [5.41, 5.74) is 1.90. The first kappa shape index (κ1) is 12.4. The maximum Gasteiger partial charge on any atom is 0.133 e. The van der Waals surface area contributed by atoms with Crippen LogP contribution in [0, 0.1) is 5.41 Å². The minimum atomic E-state index is 0.508. The van der Waals surface area contributed by atoms with E-state index in [4.69, 9.17) is 4.74 Å². The standard InChI is InChI=1S/C13H16Br2O/c1-16-12-4-3-10(7-11(12)15)8-13(9-14)5-2-6-13/h3-4,7H,2,5-6,8-9H2,1H3. The van der Waals surface area contributed by atoms with Crippen molar-refractivity contribution in [1.82, 2.24) is 0 Å². The molecule has 0 atom stereocenters. The first-order valence-electron chi connectivity index (χ1n) is 5.57. The number of rotatable bonds is 4. The van der Waals surface area contributed by atoms with E-state index >= 15 is 0 Å². The predicted molar refractivity (Wildman–Crippen MR) is 74.5 cm³/mol. The zero-order chi connectivity index (χ0) is 11.6. The Kier molecular flexibility index (Phi) is 3.96. The number of hydrogen-bond acceptors (Lipinski definition) is 1. The Bertz CT molecular complexity index is 367. The smallest absolute Gasteiger partial charge is 0.133 e. The van der Waals surface area contributed by atoms with E-state index < -0.39 is 0 Å². The van der Waals surface area contributed by atoms with E-state index in [0.717, 1.165) is 15.6 Å². The summed E-state index contributed by atoms with van der Waals surface area (Å²) < 4.78 is 6.29. The highest BCUT2D eigenvalue weighted by molar-refractivity contribution is 9.10. The second kappa shape index (κ2) is 5.09. The van der Waals surface area contributed by atoms with Crippen LogP contribution in [0.4, 0.5) is 0 Å². The first-order valence-corrected chi connectivity index (χ1v) is 7.49. The van der Waals surface area contributed by atoms with Gasteiger partial charge in [-0.25, -0.2) is 0 Å².